The summed E-state index contributed by atoms with van der Waals surface area (Å²) in [4.78, 5) is 24.4. The third-order valence-electron chi connectivity index (χ3n) is 2.46. The van der Waals surface area contributed by atoms with E-state index in [1.54, 1.807) is 11.8 Å². The first-order valence-electron chi connectivity index (χ1n) is 5.65. The van der Waals surface area contributed by atoms with E-state index in [1.165, 1.54) is 7.11 Å². The summed E-state index contributed by atoms with van der Waals surface area (Å²) < 4.78 is 4.56. The average Bonchev–Trinajstić information content (AvgIpc) is 2.29. The van der Waals surface area contributed by atoms with Gasteiger partial charge >= 0.3 is 5.97 Å². The maximum Gasteiger partial charge on any atom is 0.322 e. The van der Waals surface area contributed by atoms with E-state index in [0.717, 1.165) is 13.1 Å². The van der Waals surface area contributed by atoms with Crippen LogP contribution in [0, 0.1) is 0 Å². The van der Waals surface area contributed by atoms with Crippen LogP contribution in [-0.4, -0.2) is 49.6 Å². The zero-order valence-electron chi connectivity index (χ0n) is 10.6. The van der Waals surface area contributed by atoms with Crippen molar-refractivity contribution in [2.75, 3.05) is 26.7 Å². The summed E-state index contributed by atoms with van der Waals surface area (Å²) in [6.45, 7) is 7.56. The Kier molecular flexibility index (Phi) is 7.54. The molecule has 1 unspecified atom stereocenters. The van der Waals surface area contributed by atoms with Crippen LogP contribution in [0.15, 0.2) is 0 Å². The number of amides is 1. The summed E-state index contributed by atoms with van der Waals surface area (Å²) in [5, 5.41) is 2.95. The molecule has 0 aromatic carbocycles. The standard InChI is InChI=1S/C11H22N2O3/c1-5-13(6-2)10(14)7-8-12-9(3)11(15)16-4/h9,12H,5-8H2,1-4H3. The van der Waals surface area contributed by atoms with Crippen LogP contribution >= 0.6 is 0 Å². The Balaban J connectivity index is 3.81. The SMILES string of the molecule is CCN(CC)C(=O)CCNC(C)C(=O)OC. The van der Waals surface area contributed by atoms with Crippen LogP contribution in [0.4, 0.5) is 0 Å². The second-order valence-electron chi connectivity index (χ2n) is 3.52. The van der Waals surface area contributed by atoms with Gasteiger partial charge in [-0.25, -0.2) is 0 Å². The Hall–Kier alpha value is -1.10. The quantitative estimate of drug-likeness (QED) is 0.643. The fourth-order valence-corrected chi connectivity index (χ4v) is 1.39. The lowest BCUT2D eigenvalue weighted by atomic mass is 10.3. The van der Waals surface area contributed by atoms with Crippen molar-refractivity contribution in [1.29, 1.82) is 0 Å². The van der Waals surface area contributed by atoms with Gasteiger partial charge in [-0.1, -0.05) is 0 Å². The largest absolute Gasteiger partial charge is 0.468 e. The van der Waals surface area contributed by atoms with Crippen molar-refractivity contribution in [2.24, 2.45) is 0 Å². The fraction of sp³-hybridized carbons (Fsp3) is 0.818. The normalized spacial score (nSPS) is 12.0. The zero-order chi connectivity index (χ0) is 12.6. The second-order valence-corrected chi connectivity index (χ2v) is 3.52. The zero-order valence-corrected chi connectivity index (χ0v) is 10.6. The van der Waals surface area contributed by atoms with Gasteiger partial charge in [-0.3, -0.25) is 9.59 Å². The summed E-state index contributed by atoms with van der Waals surface area (Å²) in [6.07, 6.45) is 0.406. The highest BCUT2D eigenvalue weighted by molar-refractivity contribution is 5.77. The monoisotopic (exact) mass is 230 g/mol. The molecule has 0 aliphatic rings. The van der Waals surface area contributed by atoms with Gasteiger partial charge in [0.05, 0.1) is 7.11 Å². The van der Waals surface area contributed by atoms with Crippen molar-refractivity contribution in [3.8, 4) is 0 Å². The van der Waals surface area contributed by atoms with Crippen molar-refractivity contribution < 1.29 is 14.3 Å². The molecule has 5 heteroatoms. The summed E-state index contributed by atoms with van der Waals surface area (Å²) in [5.74, 6) is -0.204. The van der Waals surface area contributed by atoms with Crippen LogP contribution in [0.5, 0.6) is 0 Å². The molecule has 1 amide bonds. The molecule has 0 aromatic heterocycles. The number of carbonyl (C=O) groups excluding carboxylic acids is 2. The molecule has 94 valence electrons. The van der Waals surface area contributed by atoms with Gasteiger partial charge < -0.3 is 15.0 Å². The molecular formula is C11H22N2O3. The lowest BCUT2D eigenvalue weighted by molar-refractivity contribution is -0.143. The van der Waals surface area contributed by atoms with Gasteiger partial charge in [-0.15, -0.1) is 0 Å². The number of hydrogen-bond donors (Lipinski definition) is 1. The molecule has 0 spiro atoms. The molecular weight excluding hydrogens is 208 g/mol. The number of ether oxygens (including phenoxy) is 1. The highest BCUT2D eigenvalue weighted by Crippen LogP contribution is 1.94. The van der Waals surface area contributed by atoms with Gasteiger partial charge in [-0.2, -0.15) is 0 Å². The minimum absolute atomic E-state index is 0.106. The number of methoxy groups -OCH3 is 1. The first-order chi connectivity index (χ1) is 7.56. The van der Waals surface area contributed by atoms with Crippen molar-refractivity contribution in [3.05, 3.63) is 0 Å². The minimum atomic E-state index is -0.366. The van der Waals surface area contributed by atoms with Crippen LogP contribution in [-0.2, 0) is 14.3 Å². The first-order valence-corrected chi connectivity index (χ1v) is 5.65. The maximum atomic E-state index is 11.6. The Bertz CT molecular complexity index is 227. The lowest BCUT2D eigenvalue weighted by Gasteiger charge is -2.19. The van der Waals surface area contributed by atoms with Gasteiger partial charge in [-0.05, 0) is 20.8 Å². The number of nitrogens with zero attached hydrogens (tertiary/aromatic N) is 1. The molecule has 16 heavy (non-hydrogen) atoms. The molecule has 1 N–H and O–H groups in total. The van der Waals surface area contributed by atoms with Crippen LogP contribution in [0.2, 0.25) is 0 Å². The summed E-state index contributed by atoms with van der Waals surface area (Å²) in [5.41, 5.74) is 0. The van der Waals surface area contributed by atoms with E-state index < -0.39 is 0 Å². The van der Waals surface area contributed by atoms with Gasteiger partial charge in [0.25, 0.3) is 0 Å². The van der Waals surface area contributed by atoms with Crippen molar-refractivity contribution in [3.63, 3.8) is 0 Å². The van der Waals surface area contributed by atoms with Gasteiger partial charge in [0.1, 0.15) is 6.04 Å². The summed E-state index contributed by atoms with van der Waals surface area (Å²) in [6, 6.07) is -0.366. The molecule has 0 aromatic rings. The molecule has 0 heterocycles. The molecule has 0 rings (SSSR count). The Labute approximate surface area is 97.1 Å². The summed E-state index contributed by atoms with van der Waals surface area (Å²) in [7, 11) is 1.35. The average molecular weight is 230 g/mol. The first kappa shape index (κ1) is 14.9. The van der Waals surface area contributed by atoms with Crippen LogP contribution < -0.4 is 5.32 Å². The van der Waals surface area contributed by atoms with Gasteiger partial charge in [0, 0.05) is 26.1 Å². The third-order valence-corrected chi connectivity index (χ3v) is 2.46. The Morgan fingerprint density at radius 3 is 2.31 bits per heavy atom. The molecule has 0 aliphatic heterocycles. The maximum absolute atomic E-state index is 11.6. The number of carbonyl (C=O) groups is 2. The predicted octanol–water partition coefficient (Wildman–Crippen LogP) is 0.396. The van der Waals surface area contributed by atoms with Crippen molar-refractivity contribution in [1.82, 2.24) is 10.2 Å². The molecule has 0 radical (unpaired) electrons. The van der Waals surface area contributed by atoms with Crippen LogP contribution in [0.1, 0.15) is 27.2 Å². The minimum Gasteiger partial charge on any atom is -0.468 e. The number of esters is 1. The topological polar surface area (TPSA) is 58.6 Å². The summed E-state index contributed by atoms with van der Waals surface area (Å²) >= 11 is 0. The van der Waals surface area contributed by atoms with E-state index in [2.05, 4.69) is 10.1 Å². The molecule has 5 nitrogen and oxygen atoms in total. The third kappa shape index (κ3) is 5.11. The van der Waals surface area contributed by atoms with E-state index in [1.807, 2.05) is 13.8 Å². The Morgan fingerprint density at radius 2 is 1.88 bits per heavy atom. The Morgan fingerprint density at radius 1 is 1.31 bits per heavy atom. The van der Waals surface area contributed by atoms with Gasteiger partial charge in [0.2, 0.25) is 5.91 Å². The highest BCUT2D eigenvalue weighted by Gasteiger charge is 2.13. The highest BCUT2D eigenvalue weighted by atomic mass is 16.5. The van der Waals surface area contributed by atoms with E-state index in [9.17, 15) is 9.59 Å². The van der Waals surface area contributed by atoms with Crippen LogP contribution in [0.25, 0.3) is 0 Å². The molecule has 0 saturated carbocycles. The van der Waals surface area contributed by atoms with Gasteiger partial charge in [0.15, 0.2) is 0 Å². The molecule has 0 aliphatic carbocycles. The predicted molar refractivity (Wildman–Crippen MR) is 62.0 cm³/mol. The van der Waals surface area contributed by atoms with Crippen molar-refractivity contribution in [2.45, 2.75) is 33.2 Å². The molecule has 0 bridgehead atoms. The van der Waals surface area contributed by atoms with E-state index in [-0.39, 0.29) is 17.9 Å². The van der Waals surface area contributed by atoms with Crippen molar-refractivity contribution >= 4 is 11.9 Å². The van der Waals surface area contributed by atoms with Crippen LogP contribution in [0.3, 0.4) is 0 Å². The lowest BCUT2D eigenvalue weighted by Crippen LogP contribution is -2.38. The molecule has 0 fully saturated rings. The number of rotatable bonds is 7. The van der Waals surface area contributed by atoms with E-state index >= 15 is 0 Å². The molecule has 1 atom stereocenters. The smallest absolute Gasteiger partial charge is 0.322 e. The fourth-order valence-electron chi connectivity index (χ4n) is 1.39. The van der Waals surface area contributed by atoms with E-state index in [4.69, 9.17) is 0 Å². The number of nitrogens with one attached hydrogen (secondary N) is 1. The second kappa shape index (κ2) is 8.10. The number of hydrogen-bond acceptors (Lipinski definition) is 4. The van der Waals surface area contributed by atoms with E-state index in [0.29, 0.717) is 13.0 Å². The molecule has 0 saturated heterocycles.